The molecule has 2 nitrogen and oxygen atoms in total. The van der Waals surface area contributed by atoms with Gasteiger partial charge in [-0.2, -0.15) is 11.3 Å². The molecule has 6 rings (SSSR count). The van der Waals surface area contributed by atoms with E-state index in [-0.39, 0.29) is 36.8 Å². The van der Waals surface area contributed by atoms with Crippen molar-refractivity contribution >= 4 is 44.8 Å². The predicted molar refractivity (Wildman–Crippen MR) is 167 cm³/mol. The number of thiophene rings is 1. The van der Waals surface area contributed by atoms with Crippen LogP contribution in [0, 0.1) is 32.7 Å². The van der Waals surface area contributed by atoms with Gasteiger partial charge in [-0.3, -0.25) is 0 Å². The van der Waals surface area contributed by atoms with E-state index < -0.39 is 28.6 Å². The summed E-state index contributed by atoms with van der Waals surface area (Å²) in [5, 5.41) is 3.13. The Morgan fingerprint density at radius 2 is 1.62 bits per heavy atom. The molecule has 0 aliphatic rings. The van der Waals surface area contributed by atoms with Gasteiger partial charge in [0.1, 0.15) is 0 Å². The summed E-state index contributed by atoms with van der Waals surface area (Å²) in [6.45, 7) is -0.450. The van der Waals surface area contributed by atoms with Gasteiger partial charge in [-0.25, -0.2) is 0 Å². The fourth-order valence-corrected chi connectivity index (χ4v) is 6.36. The van der Waals surface area contributed by atoms with Crippen molar-refractivity contribution in [3.8, 4) is 22.5 Å². The van der Waals surface area contributed by atoms with Crippen LogP contribution in [0.5, 0.6) is 0 Å². The zero-order valence-electron chi connectivity index (χ0n) is 30.7. The van der Waals surface area contributed by atoms with Crippen LogP contribution in [0.25, 0.3) is 42.7 Å². The average Bonchev–Trinajstić information content (AvgIpc) is 3.38. The number of hydrogen-bond donors (Lipinski definition) is 0. The van der Waals surface area contributed by atoms with Crippen LogP contribution in [-0.2, 0) is 20.1 Å². The first-order valence-electron chi connectivity index (χ1n) is 16.7. The summed E-state index contributed by atoms with van der Waals surface area (Å²) >= 11 is 1.36. The summed E-state index contributed by atoms with van der Waals surface area (Å²) in [6, 6.07) is 28.3. The first kappa shape index (κ1) is 19.2. The molecule has 0 unspecified atom stereocenters. The number of benzene rings is 3. The zero-order chi connectivity index (χ0) is 34.4. The SMILES string of the molecule is C[Si](C)(C)c1ccc(-c2[c-]cccc2)nc1.[2H]C([2H])([2H])c1ccc2c(c1)sc1c(-c3cc(C([2H])([2H])[2H])c(C([2H])([2H])[2H])cn3)[c-]ccc12.[Ir]. The fourth-order valence-electron chi connectivity index (χ4n) is 4.07. The van der Waals surface area contributed by atoms with Gasteiger partial charge in [0.2, 0.25) is 0 Å². The molecule has 0 aliphatic carbocycles. The molecule has 0 aliphatic heterocycles. The molecule has 6 aromatic rings. The molecule has 0 saturated carbocycles. The van der Waals surface area contributed by atoms with Crippen molar-refractivity contribution in [2.45, 2.75) is 40.2 Å². The van der Waals surface area contributed by atoms with Gasteiger partial charge in [0.15, 0.2) is 0 Å². The van der Waals surface area contributed by atoms with Crippen molar-refractivity contribution in [3.63, 3.8) is 0 Å². The molecule has 39 heavy (non-hydrogen) atoms. The van der Waals surface area contributed by atoms with Crippen LogP contribution in [0.1, 0.15) is 29.0 Å². The van der Waals surface area contributed by atoms with E-state index in [0.717, 1.165) is 37.6 Å². The summed E-state index contributed by atoms with van der Waals surface area (Å²) in [6.07, 6.45) is 3.11. The van der Waals surface area contributed by atoms with E-state index in [4.69, 9.17) is 12.3 Å². The second kappa shape index (κ2) is 12.1. The Labute approximate surface area is 263 Å². The molecule has 0 amide bonds. The summed E-state index contributed by atoms with van der Waals surface area (Å²) < 4.78 is 70.7. The number of hydrogen-bond acceptors (Lipinski definition) is 3. The van der Waals surface area contributed by atoms with E-state index in [0.29, 0.717) is 11.3 Å². The second-order valence-electron chi connectivity index (χ2n) is 9.98. The Morgan fingerprint density at radius 3 is 2.31 bits per heavy atom. The summed E-state index contributed by atoms with van der Waals surface area (Å²) in [4.78, 5) is 8.76. The van der Waals surface area contributed by atoms with Gasteiger partial charge in [-0.15, -0.1) is 59.7 Å². The predicted octanol–water partition coefficient (Wildman–Crippen LogP) is 8.93. The number of rotatable bonds is 3. The quantitative estimate of drug-likeness (QED) is 0.134. The molecular formula is C34H32IrN2SSi-2. The molecule has 0 fully saturated rings. The smallest absolute Gasteiger partial charge is 0.0795 e. The Balaban J connectivity index is 0.000000258. The van der Waals surface area contributed by atoms with E-state index in [1.54, 1.807) is 24.3 Å². The maximum atomic E-state index is 7.78. The third-order valence-electron chi connectivity index (χ3n) is 6.21. The van der Waals surface area contributed by atoms with Crippen molar-refractivity contribution in [2.75, 3.05) is 0 Å². The van der Waals surface area contributed by atoms with E-state index in [1.807, 2.05) is 36.5 Å². The van der Waals surface area contributed by atoms with E-state index >= 15 is 0 Å². The Kier molecular flexibility index (Phi) is 5.93. The van der Waals surface area contributed by atoms with Gasteiger partial charge in [0.05, 0.1) is 8.07 Å². The van der Waals surface area contributed by atoms with Crippen molar-refractivity contribution in [1.29, 1.82) is 0 Å². The summed E-state index contributed by atoms with van der Waals surface area (Å²) in [5.41, 5.74) is 2.56. The Bertz CT molecular complexity index is 2030. The Morgan fingerprint density at radius 1 is 0.769 bits per heavy atom. The fraction of sp³-hybridized carbons (Fsp3) is 0.176. The monoisotopic (exact) mass is 730 g/mol. The number of aromatic nitrogens is 2. The molecule has 199 valence electrons. The Hall–Kier alpha value is -2.95. The minimum absolute atomic E-state index is 0. The molecule has 0 atom stereocenters. The number of fused-ring (bicyclic) bond motifs is 3. The van der Waals surface area contributed by atoms with Crippen molar-refractivity contribution < 1.29 is 32.4 Å². The van der Waals surface area contributed by atoms with Gasteiger partial charge in [0.25, 0.3) is 0 Å². The largest absolute Gasteiger partial charge is 0.305 e. The summed E-state index contributed by atoms with van der Waals surface area (Å²) in [5.74, 6) is 0. The molecule has 1 radical (unpaired) electrons. The van der Waals surface area contributed by atoms with Crippen LogP contribution in [0.2, 0.25) is 19.6 Å². The van der Waals surface area contributed by atoms with E-state index in [9.17, 15) is 0 Å². The van der Waals surface area contributed by atoms with Crippen LogP contribution >= 0.6 is 11.3 Å². The van der Waals surface area contributed by atoms with Crippen LogP contribution in [0.15, 0.2) is 85.2 Å². The van der Waals surface area contributed by atoms with Crippen molar-refractivity contribution in [2.24, 2.45) is 0 Å². The molecule has 3 aromatic heterocycles. The van der Waals surface area contributed by atoms with Gasteiger partial charge in [-0.1, -0.05) is 60.9 Å². The van der Waals surface area contributed by atoms with Crippen molar-refractivity contribution in [3.05, 3.63) is 114 Å². The maximum Gasteiger partial charge on any atom is 0.0795 e. The first-order chi connectivity index (χ1) is 21.8. The number of pyridine rings is 2. The molecular weight excluding hydrogens is 689 g/mol. The standard InChI is InChI=1S/C20H16NS.C14H16NSi.Ir/c1-12-7-8-15-16-5-4-6-17(20(16)22-19(15)9-12)18-10-13(2)14(3)11-21-18;1-16(2,3)13-9-10-14(15-11-13)12-7-5-4-6-8-12;/h4-5,7-11H,1-3H3;4-7,9-11H,1-3H3;/q2*-1;/i1D3,2D3,3D3;;. The van der Waals surface area contributed by atoms with E-state index in [2.05, 4.69) is 53.9 Å². The van der Waals surface area contributed by atoms with Crippen LogP contribution in [0.3, 0.4) is 0 Å². The van der Waals surface area contributed by atoms with Crippen molar-refractivity contribution in [1.82, 2.24) is 9.97 Å². The second-order valence-corrected chi connectivity index (χ2v) is 16.1. The minimum atomic E-state index is -2.62. The first-order valence-corrected chi connectivity index (χ1v) is 16.5. The minimum Gasteiger partial charge on any atom is -0.305 e. The topological polar surface area (TPSA) is 25.8 Å². The normalized spacial score (nSPS) is 15.5. The third-order valence-corrected chi connectivity index (χ3v) is 9.42. The van der Waals surface area contributed by atoms with Gasteiger partial charge in [0, 0.05) is 49.5 Å². The van der Waals surface area contributed by atoms with E-state index in [1.165, 1.54) is 22.6 Å². The van der Waals surface area contributed by atoms with Crippen LogP contribution < -0.4 is 5.19 Å². The molecule has 0 N–H and O–H groups in total. The van der Waals surface area contributed by atoms with Gasteiger partial charge < -0.3 is 9.97 Å². The molecule has 0 bridgehead atoms. The molecule has 0 spiro atoms. The number of nitrogens with zero attached hydrogens (tertiary/aromatic N) is 2. The average molecular weight is 730 g/mol. The molecule has 3 heterocycles. The molecule has 5 heteroatoms. The van der Waals surface area contributed by atoms with Gasteiger partial charge in [-0.05, 0) is 64.4 Å². The molecule has 0 saturated heterocycles. The molecule has 3 aromatic carbocycles. The third kappa shape index (κ3) is 6.45. The number of aryl methyl sites for hydroxylation is 3. The van der Waals surface area contributed by atoms with Crippen LogP contribution in [-0.4, -0.2) is 18.0 Å². The van der Waals surface area contributed by atoms with Gasteiger partial charge >= 0.3 is 0 Å². The zero-order valence-corrected chi connectivity index (χ0v) is 25.9. The maximum absolute atomic E-state index is 7.78. The summed E-state index contributed by atoms with van der Waals surface area (Å²) in [7, 11) is -1.23. The van der Waals surface area contributed by atoms with Crippen LogP contribution in [0.4, 0.5) is 0 Å².